The molecule has 152 valence electrons. The zero-order chi connectivity index (χ0) is 20.1. The van der Waals surface area contributed by atoms with Crippen molar-refractivity contribution in [1.29, 1.82) is 0 Å². The second kappa shape index (κ2) is 8.93. The first kappa shape index (κ1) is 20.6. The molecule has 0 radical (unpaired) electrons. The largest absolute Gasteiger partial charge is 0.492 e. The number of rotatable bonds is 6. The molecular weight excluding hydrogens is 348 g/mol. The van der Waals surface area contributed by atoms with Crippen molar-refractivity contribution in [2.75, 3.05) is 12.3 Å². The molecule has 1 aliphatic carbocycles. The maximum absolute atomic E-state index is 13.0. The van der Waals surface area contributed by atoms with Gasteiger partial charge in [-0.15, -0.1) is 0 Å². The van der Waals surface area contributed by atoms with Crippen molar-refractivity contribution in [2.24, 2.45) is 11.3 Å². The van der Waals surface area contributed by atoms with Crippen molar-refractivity contribution in [1.82, 2.24) is 4.98 Å². The molecule has 0 amide bonds. The standard InChI is InChI=1S/C24H34N2O2/c1-17-14-19(25)23-20(26-17)12-9-13-21(23)28-16-24(2,3)22(27)15-18-10-7-5-4-6-8-11-18/h9,12-14,18H,4-8,10-11,15-16H2,1-3H3,(H2,25,26). The van der Waals surface area contributed by atoms with Crippen molar-refractivity contribution in [3.63, 3.8) is 0 Å². The number of benzene rings is 1. The fourth-order valence-electron chi connectivity index (χ4n) is 4.16. The number of carbonyl (C=O) groups is 1. The Balaban J connectivity index is 1.67. The number of nitrogen functional groups attached to an aromatic ring is 1. The van der Waals surface area contributed by atoms with Gasteiger partial charge in [-0.25, -0.2) is 0 Å². The Morgan fingerprint density at radius 2 is 1.86 bits per heavy atom. The second-order valence-electron chi connectivity index (χ2n) is 9.01. The molecule has 2 N–H and O–H groups in total. The molecule has 28 heavy (non-hydrogen) atoms. The lowest BCUT2D eigenvalue weighted by Gasteiger charge is -2.27. The molecular formula is C24H34N2O2. The number of pyridine rings is 1. The molecule has 2 aromatic rings. The minimum Gasteiger partial charge on any atom is -0.492 e. The highest BCUT2D eigenvalue weighted by Crippen LogP contribution is 2.33. The normalized spacial score (nSPS) is 16.5. The van der Waals surface area contributed by atoms with Gasteiger partial charge in [-0.1, -0.05) is 51.0 Å². The van der Waals surface area contributed by atoms with Gasteiger partial charge in [0.05, 0.1) is 16.3 Å². The molecule has 0 saturated heterocycles. The van der Waals surface area contributed by atoms with Crippen molar-refractivity contribution in [2.45, 2.75) is 72.1 Å². The summed E-state index contributed by atoms with van der Waals surface area (Å²) in [5.74, 6) is 1.54. The number of anilines is 1. The van der Waals surface area contributed by atoms with Gasteiger partial charge in [0.1, 0.15) is 18.1 Å². The molecule has 1 saturated carbocycles. The number of hydrogen-bond acceptors (Lipinski definition) is 4. The molecule has 0 atom stereocenters. The van der Waals surface area contributed by atoms with E-state index in [1.807, 2.05) is 45.0 Å². The zero-order valence-electron chi connectivity index (χ0n) is 17.6. The SMILES string of the molecule is Cc1cc(N)c2c(OCC(C)(C)C(=O)CC3CCCCCCC3)cccc2n1. The number of aryl methyl sites for hydroxylation is 1. The highest BCUT2D eigenvalue weighted by atomic mass is 16.5. The van der Waals surface area contributed by atoms with Gasteiger partial charge < -0.3 is 10.5 Å². The lowest BCUT2D eigenvalue weighted by Crippen LogP contribution is -2.32. The zero-order valence-corrected chi connectivity index (χ0v) is 17.6. The van der Waals surface area contributed by atoms with Crippen LogP contribution in [0.1, 0.15) is 70.9 Å². The maximum atomic E-state index is 13.0. The Morgan fingerprint density at radius 3 is 2.57 bits per heavy atom. The molecule has 1 aromatic carbocycles. The van der Waals surface area contributed by atoms with Crippen LogP contribution < -0.4 is 10.5 Å². The van der Waals surface area contributed by atoms with Gasteiger partial charge in [0, 0.05) is 17.8 Å². The summed E-state index contributed by atoms with van der Waals surface area (Å²) in [6, 6.07) is 7.63. The van der Waals surface area contributed by atoms with Gasteiger partial charge in [0.15, 0.2) is 0 Å². The van der Waals surface area contributed by atoms with Gasteiger partial charge >= 0.3 is 0 Å². The summed E-state index contributed by atoms with van der Waals surface area (Å²) < 4.78 is 6.12. The topological polar surface area (TPSA) is 65.2 Å². The molecule has 1 heterocycles. The molecule has 4 heteroatoms. The fourth-order valence-corrected chi connectivity index (χ4v) is 4.16. The Hall–Kier alpha value is -2.10. The summed E-state index contributed by atoms with van der Waals surface area (Å²) in [4.78, 5) is 17.6. The average Bonchev–Trinajstić information content (AvgIpc) is 2.61. The van der Waals surface area contributed by atoms with E-state index in [1.165, 1.54) is 44.9 Å². The van der Waals surface area contributed by atoms with E-state index in [2.05, 4.69) is 4.98 Å². The highest BCUT2D eigenvalue weighted by Gasteiger charge is 2.30. The number of hydrogen-bond donors (Lipinski definition) is 1. The third kappa shape index (κ3) is 5.03. The van der Waals surface area contributed by atoms with E-state index in [-0.39, 0.29) is 0 Å². The van der Waals surface area contributed by atoms with E-state index in [0.717, 1.165) is 16.6 Å². The van der Waals surface area contributed by atoms with Crippen molar-refractivity contribution in [3.05, 3.63) is 30.0 Å². The lowest BCUT2D eigenvalue weighted by molar-refractivity contribution is -0.129. The van der Waals surface area contributed by atoms with Crippen LogP contribution in [-0.4, -0.2) is 17.4 Å². The van der Waals surface area contributed by atoms with Gasteiger partial charge in [0.2, 0.25) is 0 Å². The second-order valence-corrected chi connectivity index (χ2v) is 9.01. The molecule has 4 nitrogen and oxygen atoms in total. The van der Waals surface area contributed by atoms with Gasteiger partial charge in [-0.2, -0.15) is 0 Å². The fraction of sp³-hybridized carbons (Fsp3) is 0.583. The van der Waals surface area contributed by atoms with E-state index in [9.17, 15) is 4.79 Å². The summed E-state index contributed by atoms with van der Waals surface area (Å²) in [6.45, 7) is 6.27. The third-order valence-electron chi connectivity index (χ3n) is 6.00. The van der Waals surface area contributed by atoms with Gasteiger partial charge in [-0.05, 0) is 44.9 Å². The number of ketones is 1. The number of Topliss-reactive ketones (excluding diaryl/α,β-unsaturated/α-hetero) is 1. The van der Waals surface area contributed by atoms with Crippen LogP contribution >= 0.6 is 0 Å². The summed E-state index contributed by atoms with van der Waals surface area (Å²) >= 11 is 0. The molecule has 1 aromatic heterocycles. The summed E-state index contributed by atoms with van der Waals surface area (Å²) in [5, 5.41) is 0.830. The first-order chi connectivity index (χ1) is 13.4. The van der Waals surface area contributed by atoms with Crippen LogP contribution in [0.5, 0.6) is 5.75 Å². The molecule has 0 unspecified atom stereocenters. The number of ether oxygens (including phenoxy) is 1. The predicted molar refractivity (Wildman–Crippen MR) is 116 cm³/mol. The summed E-state index contributed by atoms with van der Waals surface area (Å²) in [6.07, 6.45) is 9.55. The van der Waals surface area contributed by atoms with Crippen molar-refractivity contribution >= 4 is 22.4 Å². The van der Waals surface area contributed by atoms with E-state index >= 15 is 0 Å². The quantitative estimate of drug-likeness (QED) is 0.680. The molecule has 0 aliphatic heterocycles. The number of aromatic nitrogens is 1. The van der Waals surface area contributed by atoms with Crippen LogP contribution in [0.4, 0.5) is 5.69 Å². The van der Waals surface area contributed by atoms with Crippen LogP contribution in [0.3, 0.4) is 0 Å². The molecule has 1 aliphatic rings. The molecule has 0 bridgehead atoms. The van der Waals surface area contributed by atoms with Crippen LogP contribution in [-0.2, 0) is 4.79 Å². The highest BCUT2D eigenvalue weighted by molar-refractivity contribution is 5.95. The van der Waals surface area contributed by atoms with Gasteiger partial charge in [-0.3, -0.25) is 9.78 Å². The molecule has 1 fully saturated rings. The predicted octanol–water partition coefficient (Wildman–Crippen LogP) is 5.85. The summed E-state index contributed by atoms with van der Waals surface area (Å²) in [5.41, 5.74) is 8.08. The maximum Gasteiger partial charge on any atom is 0.142 e. The lowest BCUT2D eigenvalue weighted by atomic mass is 9.80. The number of carbonyl (C=O) groups excluding carboxylic acids is 1. The van der Waals surface area contributed by atoms with Crippen molar-refractivity contribution in [3.8, 4) is 5.75 Å². The number of nitrogens with zero attached hydrogens (tertiary/aromatic N) is 1. The van der Waals surface area contributed by atoms with Crippen LogP contribution in [0.15, 0.2) is 24.3 Å². The smallest absolute Gasteiger partial charge is 0.142 e. The third-order valence-corrected chi connectivity index (χ3v) is 6.00. The monoisotopic (exact) mass is 382 g/mol. The average molecular weight is 383 g/mol. The van der Waals surface area contributed by atoms with E-state index in [4.69, 9.17) is 10.5 Å². The van der Waals surface area contributed by atoms with Crippen LogP contribution in [0, 0.1) is 18.3 Å². The summed E-state index contributed by atoms with van der Waals surface area (Å²) in [7, 11) is 0. The van der Waals surface area contributed by atoms with E-state index in [1.54, 1.807) is 0 Å². The van der Waals surface area contributed by atoms with E-state index < -0.39 is 5.41 Å². The van der Waals surface area contributed by atoms with Gasteiger partial charge in [0.25, 0.3) is 0 Å². The Bertz CT molecular complexity index is 821. The molecule has 3 rings (SSSR count). The van der Waals surface area contributed by atoms with Crippen LogP contribution in [0.2, 0.25) is 0 Å². The Morgan fingerprint density at radius 1 is 1.18 bits per heavy atom. The Labute approximate surface area is 168 Å². The van der Waals surface area contributed by atoms with E-state index in [0.29, 0.717) is 36.2 Å². The minimum atomic E-state index is -0.516. The first-order valence-electron chi connectivity index (χ1n) is 10.7. The Kier molecular flexibility index (Phi) is 6.58. The first-order valence-corrected chi connectivity index (χ1v) is 10.7. The van der Waals surface area contributed by atoms with Crippen LogP contribution in [0.25, 0.3) is 10.9 Å². The van der Waals surface area contributed by atoms with Crippen molar-refractivity contribution < 1.29 is 9.53 Å². The number of nitrogens with two attached hydrogens (primary N) is 1. The molecule has 0 spiro atoms. The minimum absolute atomic E-state index is 0.306. The number of fused-ring (bicyclic) bond motifs is 1.